The number of esters is 2. The zero-order valence-corrected chi connectivity index (χ0v) is 11.5. The molecule has 1 N–H and O–H groups in total. The first-order chi connectivity index (χ1) is 8.56. The Labute approximate surface area is 111 Å². The van der Waals surface area contributed by atoms with Crippen LogP contribution in [-0.4, -0.2) is 40.8 Å². The molecule has 0 amide bonds. The molecular weight excluding hydrogens is 256 g/mol. The molecule has 0 aromatic carbocycles. The van der Waals surface area contributed by atoms with Crippen molar-refractivity contribution in [1.29, 1.82) is 0 Å². The molecule has 19 heavy (non-hydrogen) atoms. The van der Waals surface area contributed by atoms with Gasteiger partial charge in [0.05, 0.1) is 18.6 Å². The minimum Gasteiger partial charge on any atom is -0.550 e. The van der Waals surface area contributed by atoms with E-state index in [2.05, 4.69) is 0 Å². The number of hydrogen-bond acceptors (Lipinski definition) is 7. The number of aliphatic hydroxyl groups is 1. The predicted molar refractivity (Wildman–Crippen MR) is 61.6 cm³/mol. The summed E-state index contributed by atoms with van der Waals surface area (Å²) >= 11 is 0. The third-order valence-electron chi connectivity index (χ3n) is 1.96. The van der Waals surface area contributed by atoms with E-state index < -0.39 is 48.6 Å². The van der Waals surface area contributed by atoms with E-state index in [4.69, 9.17) is 9.47 Å². The summed E-state index contributed by atoms with van der Waals surface area (Å²) in [6, 6.07) is 0. The summed E-state index contributed by atoms with van der Waals surface area (Å²) in [6.07, 6.45) is -2.83. The Morgan fingerprint density at radius 3 is 1.89 bits per heavy atom. The maximum atomic E-state index is 11.7. The molecule has 0 radical (unpaired) electrons. The normalized spacial score (nSPS) is 14.1. The molecule has 0 saturated carbocycles. The Balaban J connectivity index is 4.91. The minimum absolute atomic E-state index is 0.444. The van der Waals surface area contributed by atoms with Crippen LogP contribution in [0.2, 0.25) is 0 Å². The summed E-state index contributed by atoms with van der Waals surface area (Å²) in [5, 5.41) is 20.6. The quantitative estimate of drug-likeness (QED) is 0.602. The minimum atomic E-state index is -2.48. The third kappa shape index (κ3) is 6.76. The molecule has 0 spiro atoms. The van der Waals surface area contributed by atoms with Crippen molar-refractivity contribution in [3.8, 4) is 0 Å². The number of carboxylic acid groups (broad SMARTS) is 1. The summed E-state index contributed by atoms with van der Waals surface area (Å²) in [6.45, 7) is 6.23. The van der Waals surface area contributed by atoms with Crippen molar-refractivity contribution in [3.63, 3.8) is 0 Å². The van der Waals surface area contributed by atoms with E-state index in [0.29, 0.717) is 0 Å². The Hall–Kier alpha value is -1.63. The van der Waals surface area contributed by atoms with Crippen molar-refractivity contribution in [2.45, 2.75) is 58.3 Å². The number of aliphatic carboxylic acids is 1. The van der Waals surface area contributed by atoms with Gasteiger partial charge >= 0.3 is 11.9 Å². The third-order valence-corrected chi connectivity index (χ3v) is 1.96. The fourth-order valence-corrected chi connectivity index (χ4v) is 1.31. The van der Waals surface area contributed by atoms with Crippen LogP contribution in [0.5, 0.6) is 0 Å². The number of rotatable bonds is 7. The van der Waals surface area contributed by atoms with Crippen molar-refractivity contribution >= 4 is 17.9 Å². The molecule has 0 heterocycles. The number of carboxylic acids is 1. The molecule has 0 fully saturated rings. The Morgan fingerprint density at radius 1 is 1.05 bits per heavy atom. The van der Waals surface area contributed by atoms with Gasteiger partial charge in [-0.2, -0.15) is 0 Å². The summed E-state index contributed by atoms with van der Waals surface area (Å²) in [7, 11) is 0. The van der Waals surface area contributed by atoms with Gasteiger partial charge in [-0.25, -0.2) is 4.79 Å². The Bertz CT molecular complexity index is 348. The van der Waals surface area contributed by atoms with Crippen LogP contribution in [0, 0.1) is 0 Å². The molecule has 7 heteroatoms. The molecule has 1 unspecified atom stereocenters. The standard InChI is InChI=1S/C12H20O7/c1-7(2)18-10(15)6-12(17,5-9(13)14)11(16)19-8(3)4/h7-8,17H,5-6H2,1-4H3,(H,13,14)/p-1. The average molecular weight is 275 g/mol. The smallest absolute Gasteiger partial charge is 0.339 e. The highest BCUT2D eigenvalue weighted by Crippen LogP contribution is 2.19. The molecule has 7 nitrogen and oxygen atoms in total. The van der Waals surface area contributed by atoms with Gasteiger partial charge in [0.1, 0.15) is 0 Å². The van der Waals surface area contributed by atoms with Crippen LogP contribution in [0.1, 0.15) is 40.5 Å². The lowest BCUT2D eigenvalue weighted by Gasteiger charge is -2.26. The van der Waals surface area contributed by atoms with Gasteiger partial charge in [0.25, 0.3) is 0 Å². The van der Waals surface area contributed by atoms with Crippen LogP contribution < -0.4 is 5.11 Å². The summed E-state index contributed by atoms with van der Waals surface area (Å²) in [4.78, 5) is 33.7. The van der Waals surface area contributed by atoms with E-state index in [1.54, 1.807) is 13.8 Å². The largest absolute Gasteiger partial charge is 0.550 e. The number of carbonyl (C=O) groups is 3. The number of ether oxygens (including phenoxy) is 2. The Morgan fingerprint density at radius 2 is 1.53 bits per heavy atom. The Kier molecular flexibility index (Phi) is 6.47. The highest BCUT2D eigenvalue weighted by molar-refractivity contribution is 5.89. The highest BCUT2D eigenvalue weighted by atomic mass is 16.6. The van der Waals surface area contributed by atoms with E-state index in [9.17, 15) is 24.6 Å². The fourth-order valence-electron chi connectivity index (χ4n) is 1.31. The van der Waals surface area contributed by atoms with Crippen molar-refractivity contribution in [2.24, 2.45) is 0 Å². The molecule has 0 bridgehead atoms. The topological polar surface area (TPSA) is 113 Å². The molecule has 0 aromatic heterocycles. The van der Waals surface area contributed by atoms with Crippen molar-refractivity contribution in [2.75, 3.05) is 0 Å². The molecule has 0 rings (SSSR count). The van der Waals surface area contributed by atoms with Gasteiger partial charge in [0.2, 0.25) is 0 Å². The molecular formula is C12H19O7-. The first-order valence-corrected chi connectivity index (χ1v) is 5.89. The van der Waals surface area contributed by atoms with Crippen molar-refractivity contribution < 1.29 is 34.1 Å². The van der Waals surface area contributed by atoms with Crippen LogP contribution in [0.3, 0.4) is 0 Å². The van der Waals surface area contributed by atoms with Gasteiger partial charge in [-0.1, -0.05) is 0 Å². The second-order valence-corrected chi connectivity index (χ2v) is 4.75. The van der Waals surface area contributed by atoms with E-state index in [1.165, 1.54) is 13.8 Å². The van der Waals surface area contributed by atoms with Gasteiger partial charge in [0, 0.05) is 12.4 Å². The van der Waals surface area contributed by atoms with Crippen LogP contribution in [0.25, 0.3) is 0 Å². The lowest BCUT2D eigenvalue weighted by molar-refractivity contribution is -0.309. The molecule has 0 saturated heterocycles. The molecule has 0 aliphatic rings. The summed E-state index contributed by atoms with van der Waals surface area (Å²) in [5.74, 6) is -3.74. The maximum absolute atomic E-state index is 11.7. The van der Waals surface area contributed by atoms with Gasteiger partial charge in [0.15, 0.2) is 5.60 Å². The summed E-state index contributed by atoms with van der Waals surface area (Å²) < 4.78 is 9.50. The van der Waals surface area contributed by atoms with Gasteiger partial charge < -0.3 is 24.5 Å². The molecule has 0 aliphatic carbocycles. The van der Waals surface area contributed by atoms with Crippen LogP contribution in [-0.2, 0) is 23.9 Å². The van der Waals surface area contributed by atoms with E-state index in [1.807, 2.05) is 0 Å². The van der Waals surface area contributed by atoms with Crippen LogP contribution in [0.15, 0.2) is 0 Å². The molecule has 1 atom stereocenters. The molecule has 0 aromatic rings. The zero-order chi connectivity index (χ0) is 15.2. The van der Waals surface area contributed by atoms with E-state index >= 15 is 0 Å². The maximum Gasteiger partial charge on any atom is 0.339 e. The monoisotopic (exact) mass is 275 g/mol. The first kappa shape index (κ1) is 17.4. The lowest BCUT2D eigenvalue weighted by Crippen LogP contribution is -2.47. The zero-order valence-electron chi connectivity index (χ0n) is 11.5. The van der Waals surface area contributed by atoms with E-state index in [-0.39, 0.29) is 0 Å². The molecule has 0 aliphatic heterocycles. The number of carbonyl (C=O) groups excluding carboxylic acids is 3. The first-order valence-electron chi connectivity index (χ1n) is 5.89. The second kappa shape index (κ2) is 7.08. The predicted octanol–water partition coefficient (Wildman–Crippen LogP) is -0.849. The highest BCUT2D eigenvalue weighted by Gasteiger charge is 2.41. The van der Waals surface area contributed by atoms with Crippen molar-refractivity contribution in [3.05, 3.63) is 0 Å². The van der Waals surface area contributed by atoms with Crippen LogP contribution in [0.4, 0.5) is 0 Å². The van der Waals surface area contributed by atoms with Crippen LogP contribution >= 0.6 is 0 Å². The second-order valence-electron chi connectivity index (χ2n) is 4.75. The summed E-state index contributed by atoms with van der Waals surface area (Å²) in [5.41, 5.74) is -2.48. The SMILES string of the molecule is CC(C)OC(=O)CC(O)(CC(=O)[O-])C(=O)OC(C)C. The van der Waals surface area contributed by atoms with Gasteiger partial charge in [-0.05, 0) is 27.7 Å². The fraction of sp³-hybridized carbons (Fsp3) is 0.750. The number of hydrogen-bond donors (Lipinski definition) is 1. The van der Waals surface area contributed by atoms with Gasteiger partial charge in [-0.3, -0.25) is 4.79 Å². The van der Waals surface area contributed by atoms with Gasteiger partial charge in [-0.15, -0.1) is 0 Å². The lowest BCUT2D eigenvalue weighted by atomic mass is 9.95. The van der Waals surface area contributed by atoms with E-state index in [0.717, 1.165) is 0 Å². The molecule has 110 valence electrons. The average Bonchev–Trinajstić information content (AvgIpc) is 2.12. The van der Waals surface area contributed by atoms with Crippen molar-refractivity contribution in [1.82, 2.24) is 0 Å².